The minimum atomic E-state index is -0.805. The summed E-state index contributed by atoms with van der Waals surface area (Å²) in [5.74, 6) is 1.10. The lowest BCUT2D eigenvalue weighted by Gasteiger charge is -2.19. The summed E-state index contributed by atoms with van der Waals surface area (Å²) in [5, 5.41) is 0. The highest BCUT2D eigenvalue weighted by molar-refractivity contribution is 9.10. The molecule has 4 aliphatic rings. The van der Waals surface area contributed by atoms with Crippen LogP contribution in [0.5, 0.6) is 0 Å². The van der Waals surface area contributed by atoms with Gasteiger partial charge in [-0.2, -0.15) is 3.93 Å². The summed E-state index contributed by atoms with van der Waals surface area (Å²) in [4.78, 5) is 80.4. The molecule has 9 rings (SSSR count). The Bertz CT molecular complexity index is 2530. The maximum Gasteiger partial charge on any atom is 0.348 e. The van der Waals surface area contributed by atoms with Gasteiger partial charge in [0, 0.05) is 42.4 Å². The number of nitrogen functional groups attached to an aromatic ring is 1. The number of anilines is 1. The lowest BCUT2D eigenvalue weighted by atomic mass is 10.1. The Kier molecular flexibility index (Phi) is 15.2. The number of rotatable bonds is 5. The number of carbonyl (C=O) groups is 4. The number of carbonyl (C=O) groups excluding carboxylic acids is 4. The number of ether oxygens (including phenoxy) is 1. The Balaban J connectivity index is 0.000000146. The van der Waals surface area contributed by atoms with E-state index in [2.05, 4.69) is 67.9 Å². The van der Waals surface area contributed by atoms with Gasteiger partial charge in [0.25, 0.3) is 17.0 Å². The molecule has 18 heteroatoms. The van der Waals surface area contributed by atoms with Crippen LogP contribution in [-0.2, 0) is 19.1 Å². The van der Waals surface area contributed by atoms with E-state index in [0.29, 0.717) is 22.1 Å². The second-order valence-electron chi connectivity index (χ2n) is 15.5. The van der Waals surface area contributed by atoms with Gasteiger partial charge in [0.05, 0.1) is 50.8 Å². The molecular formula is C42H47Br3N8O7. The molecule has 0 unspecified atom stereocenters. The number of hydrogen-bond donors (Lipinski definition) is 1. The van der Waals surface area contributed by atoms with Crippen LogP contribution in [0.25, 0.3) is 11.3 Å². The summed E-state index contributed by atoms with van der Waals surface area (Å²) in [6.07, 6.45) is 11.8. The van der Waals surface area contributed by atoms with Crippen LogP contribution >= 0.6 is 48.2 Å². The number of fused-ring (bicyclic) bond motifs is 2. The first-order valence-electron chi connectivity index (χ1n) is 19.3. The van der Waals surface area contributed by atoms with Crippen molar-refractivity contribution >= 4 is 89.0 Å². The van der Waals surface area contributed by atoms with Gasteiger partial charge in [-0.1, -0.05) is 0 Å². The van der Waals surface area contributed by atoms with E-state index in [1.54, 1.807) is 47.3 Å². The smallest absolute Gasteiger partial charge is 0.348 e. The molecule has 0 spiro atoms. The summed E-state index contributed by atoms with van der Waals surface area (Å²) in [5.41, 5.74) is 11.4. The van der Waals surface area contributed by atoms with Gasteiger partial charge in [-0.05, 0) is 142 Å². The Morgan fingerprint density at radius 1 is 0.817 bits per heavy atom. The van der Waals surface area contributed by atoms with Crippen molar-refractivity contribution in [2.75, 3.05) is 12.8 Å². The molecule has 5 aromatic rings. The van der Waals surface area contributed by atoms with Gasteiger partial charge in [-0.3, -0.25) is 32.8 Å². The number of pyridine rings is 3. The molecule has 15 nitrogen and oxygen atoms in total. The molecule has 4 fully saturated rings. The Morgan fingerprint density at radius 2 is 1.38 bits per heavy atom. The fourth-order valence-corrected chi connectivity index (χ4v) is 7.44. The fraction of sp³-hybridized carbons (Fsp3) is 0.405. The molecule has 3 amide bonds. The number of ketones is 1. The summed E-state index contributed by atoms with van der Waals surface area (Å²) >= 11 is 9.21. The number of methoxy groups -OCH3 is 1. The van der Waals surface area contributed by atoms with Crippen LogP contribution < -0.4 is 16.9 Å². The van der Waals surface area contributed by atoms with E-state index in [1.165, 1.54) is 23.9 Å². The third kappa shape index (κ3) is 11.9. The maximum atomic E-state index is 12.1. The standard InChI is InChI=1S/C12H11BrN2O.C12H12N2O.C7H10O3.C6H8N2.C5H6Br2N2O2/c1-7-4-5-15-9(6-7)14-11(8-2-3-8)10(13)12(15)16;1-8-4-5-14-11(6-8)13-10(7-12(14)15)9-2-3-9;1-10-7(9)4-6(8)5-2-3-5;1-5-2-3-8-6(7)4-5;1-5(2)3(10)8(6)4(11)9(5)7/h4-6,8H,2-3H2,1H3;4-7,9H,2-3H2,1H3;5H,2-4H2,1H3;2-4H,1H3,(H2,7,8);1-2H3. The van der Waals surface area contributed by atoms with Gasteiger partial charge in [0.2, 0.25) is 0 Å². The molecule has 3 saturated carbocycles. The summed E-state index contributed by atoms with van der Waals surface area (Å²) in [6.45, 7) is 9.31. The predicted molar refractivity (Wildman–Crippen MR) is 238 cm³/mol. The van der Waals surface area contributed by atoms with Gasteiger partial charge in [0.1, 0.15) is 39.3 Å². The van der Waals surface area contributed by atoms with Crippen LogP contribution in [0.1, 0.15) is 98.7 Å². The quantitative estimate of drug-likeness (QED) is 0.0787. The fourth-order valence-electron chi connectivity index (χ4n) is 5.72. The first-order chi connectivity index (χ1) is 28.3. The molecule has 6 heterocycles. The third-order valence-corrected chi connectivity index (χ3v) is 12.4. The molecule has 5 aromatic heterocycles. The normalized spacial score (nSPS) is 16.4. The van der Waals surface area contributed by atoms with Gasteiger partial charge in [-0.15, -0.1) is 0 Å². The van der Waals surface area contributed by atoms with Crippen LogP contribution in [-0.4, -0.2) is 67.9 Å². The van der Waals surface area contributed by atoms with Crippen molar-refractivity contribution in [3.05, 3.63) is 114 Å². The SMILES string of the molecule is CC1(C)C(=O)N(Br)C(=O)N1Br.COC(=O)CC(=O)C1CC1.Cc1ccn2c(=O)c(Br)c(C3CC3)nc2c1.Cc1ccn2c(=O)cc(C3CC3)nc2c1.Cc1ccnc(N)c1. The molecule has 0 aromatic carbocycles. The zero-order valence-corrected chi connectivity index (χ0v) is 38.9. The highest BCUT2D eigenvalue weighted by Crippen LogP contribution is 2.41. The third-order valence-electron chi connectivity index (χ3n) is 9.80. The molecule has 0 bridgehead atoms. The van der Waals surface area contributed by atoms with E-state index in [-0.39, 0.29) is 35.1 Å². The minimum absolute atomic E-state index is 0.00750. The molecule has 1 aliphatic heterocycles. The first kappa shape index (κ1) is 46.3. The molecule has 2 N–H and O–H groups in total. The predicted octanol–water partition coefficient (Wildman–Crippen LogP) is 7.67. The van der Waals surface area contributed by atoms with Crippen molar-refractivity contribution in [1.29, 1.82) is 0 Å². The van der Waals surface area contributed by atoms with Gasteiger partial charge >= 0.3 is 12.0 Å². The number of amides is 3. The second-order valence-corrected chi connectivity index (χ2v) is 17.7. The molecular weight excluding hydrogens is 968 g/mol. The zero-order valence-electron chi connectivity index (χ0n) is 34.2. The van der Waals surface area contributed by atoms with Crippen LogP contribution in [0, 0.1) is 26.7 Å². The summed E-state index contributed by atoms with van der Waals surface area (Å²) in [6, 6.07) is 12.7. The molecule has 0 radical (unpaired) electrons. The average Bonchev–Trinajstić information content (AvgIpc) is 4.05. The summed E-state index contributed by atoms with van der Waals surface area (Å²) in [7, 11) is 1.29. The number of esters is 1. The van der Waals surface area contributed by atoms with Crippen LogP contribution in [0.15, 0.2) is 75.1 Å². The van der Waals surface area contributed by atoms with E-state index in [9.17, 15) is 28.8 Å². The lowest BCUT2D eigenvalue weighted by Crippen LogP contribution is -2.37. The van der Waals surface area contributed by atoms with Crippen molar-refractivity contribution in [3.63, 3.8) is 0 Å². The van der Waals surface area contributed by atoms with Crippen molar-refractivity contribution in [2.24, 2.45) is 5.92 Å². The van der Waals surface area contributed by atoms with Gasteiger partial charge < -0.3 is 10.5 Å². The Morgan fingerprint density at radius 3 is 1.83 bits per heavy atom. The maximum absolute atomic E-state index is 12.1. The number of halogens is 3. The van der Waals surface area contributed by atoms with Gasteiger partial charge in [0.15, 0.2) is 0 Å². The van der Waals surface area contributed by atoms with Crippen molar-refractivity contribution in [1.82, 2.24) is 31.6 Å². The van der Waals surface area contributed by atoms with Crippen molar-refractivity contribution in [3.8, 4) is 0 Å². The second kappa shape index (κ2) is 19.7. The van der Waals surface area contributed by atoms with E-state index in [4.69, 9.17) is 5.73 Å². The average molecular weight is 1020 g/mol. The molecule has 3 aliphatic carbocycles. The van der Waals surface area contributed by atoms with Crippen LogP contribution in [0.4, 0.5) is 10.6 Å². The topological polar surface area (TPSA) is 192 Å². The monoisotopic (exact) mass is 1010 g/mol. The van der Waals surface area contributed by atoms with Crippen LogP contribution in [0.2, 0.25) is 0 Å². The Hall–Kier alpha value is -4.81. The molecule has 0 atom stereocenters. The minimum Gasteiger partial charge on any atom is -0.469 e. The summed E-state index contributed by atoms with van der Waals surface area (Å²) < 4.78 is 10.3. The van der Waals surface area contributed by atoms with E-state index < -0.39 is 17.5 Å². The number of imide groups is 1. The van der Waals surface area contributed by atoms with Crippen LogP contribution in [0.3, 0.4) is 0 Å². The number of aryl methyl sites for hydroxylation is 3. The number of nitrogens with zero attached hydrogens (tertiary/aromatic N) is 7. The lowest BCUT2D eigenvalue weighted by molar-refractivity contribution is -0.143. The van der Waals surface area contributed by atoms with E-state index in [0.717, 1.165) is 69.0 Å². The number of hydrogen-bond acceptors (Lipinski definition) is 11. The van der Waals surface area contributed by atoms with Crippen molar-refractivity contribution in [2.45, 2.75) is 96.9 Å². The van der Waals surface area contributed by atoms with Crippen molar-refractivity contribution < 1.29 is 23.9 Å². The number of nitrogens with two attached hydrogens (primary N) is 1. The molecule has 1 saturated heterocycles. The van der Waals surface area contributed by atoms with Gasteiger partial charge in [-0.25, -0.2) is 23.7 Å². The van der Waals surface area contributed by atoms with E-state index in [1.807, 2.05) is 57.2 Å². The zero-order chi connectivity index (χ0) is 44.1. The number of aromatic nitrogens is 5. The largest absolute Gasteiger partial charge is 0.469 e. The number of urea groups is 1. The highest BCUT2D eigenvalue weighted by Gasteiger charge is 2.50. The first-order valence-corrected chi connectivity index (χ1v) is 21.5. The molecule has 318 valence electrons. The number of Topliss-reactive ketones (excluding diaryl/α,β-unsaturated/α-hetero) is 1. The Labute approximate surface area is 372 Å². The van der Waals surface area contributed by atoms with E-state index >= 15 is 0 Å². The molecule has 60 heavy (non-hydrogen) atoms. The highest BCUT2D eigenvalue weighted by atomic mass is 79.9.